The summed E-state index contributed by atoms with van der Waals surface area (Å²) >= 11 is 5.91. The zero-order valence-corrected chi connectivity index (χ0v) is 16.6. The van der Waals surface area contributed by atoms with Crippen LogP contribution in [0.4, 0.5) is 5.69 Å². The van der Waals surface area contributed by atoms with E-state index in [9.17, 15) is 19.5 Å². The molecule has 1 aromatic heterocycles. The summed E-state index contributed by atoms with van der Waals surface area (Å²) in [6, 6.07) is 11.8. The van der Waals surface area contributed by atoms with E-state index >= 15 is 0 Å². The van der Waals surface area contributed by atoms with Crippen molar-refractivity contribution in [1.29, 1.82) is 0 Å². The van der Waals surface area contributed by atoms with Crippen molar-refractivity contribution in [3.63, 3.8) is 0 Å². The smallest absolute Gasteiger partial charge is 0.291 e. The standard InChI is InChI=1S/C22H19ClN2O4/c1-12(2)14-5-3-4-6-17(14)24-19(26)10-9-16-20(27)15-8-7-13(23)11-18(15)25-22(29)21(16)28/h3-12,28H,1-2H3,(H,24,26)(H,25,29)/b10-9+. The topological polar surface area (TPSA) is 99.3 Å². The zero-order chi connectivity index (χ0) is 21.1. The van der Waals surface area contributed by atoms with Gasteiger partial charge in [0.1, 0.15) is 0 Å². The molecule has 1 heterocycles. The predicted molar refractivity (Wildman–Crippen MR) is 116 cm³/mol. The van der Waals surface area contributed by atoms with E-state index in [1.807, 2.05) is 26.0 Å². The second kappa shape index (κ2) is 8.32. The predicted octanol–water partition coefficient (Wildman–Crippen LogP) is 4.02. The number of carbonyl (C=O) groups is 1. The molecule has 7 heteroatoms. The van der Waals surface area contributed by atoms with E-state index in [0.29, 0.717) is 10.7 Å². The Balaban J connectivity index is 2.01. The average Bonchev–Trinajstić information content (AvgIpc) is 2.75. The summed E-state index contributed by atoms with van der Waals surface area (Å²) in [6.45, 7) is 4.02. The van der Waals surface area contributed by atoms with Crippen LogP contribution in [0.15, 0.2) is 58.1 Å². The van der Waals surface area contributed by atoms with E-state index in [0.717, 1.165) is 17.7 Å². The van der Waals surface area contributed by atoms with Gasteiger partial charge in [-0.15, -0.1) is 0 Å². The number of H-pyrrole nitrogens is 1. The number of rotatable bonds is 4. The molecule has 0 aliphatic heterocycles. The van der Waals surface area contributed by atoms with E-state index < -0.39 is 22.6 Å². The van der Waals surface area contributed by atoms with Gasteiger partial charge in [0.25, 0.3) is 5.56 Å². The van der Waals surface area contributed by atoms with Crippen molar-refractivity contribution in [2.24, 2.45) is 0 Å². The molecule has 0 fully saturated rings. The zero-order valence-electron chi connectivity index (χ0n) is 15.8. The molecular weight excluding hydrogens is 392 g/mol. The van der Waals surface area contributed by atoms with Gasteiger partial charge in [-0.25, -0.2) is 0 Å². The van der Waals surface area contributed by atoms with Crippen molar-refractivity contribution < 1.29 is 9.90 Å². The van der Waals surface area contributed by atoms with Gasteiger partial charge in [0.2, 0.25) is 5.91 Å². The van der Waals surface area contributed by atoms with Gasteiger partial charge < -0.3 is 15.4 Å². The Morgan fingerprint density at radius 2 is 1.90 bits per heavy atom. The van der Waals surface area contributed by atoms with E-state index in [-0.39, 0.29) is 22.4 Å². The molecule has 0 spiro atoms. The first-order valence-electron chi connectivity index (χ1n) is 8.94. The third kappa shape index (κ3) is 4.38. The Bertz CT molecular complexity index is 1250. The van der Waals surface area contributed by atoms with Gasteiger partial charge in [0, 0.05) is 22.2 Å². The third-order valence-corrected chi connectivity index (χ3v) is 4.67. The lowest BCUT2D eigenvalue weighted by atomic mass is 10.0. The molecule has 148 valence electrons. The van der Waals surface area contributed by atoms with Crippen molar-refractivity contribution >= 4 is 40.2 Å². The second-order valence-corrected chi connectivity index (χ2v) is 7.24. The minimum absolute atomic E-state index is 0.164. The molecule has 3 N–H and O–H groups in total. The molecule has 0 saturated heterocycles. The summed E-state index contributed by atoms with van der Waals surface area (Å²) in [5, 5.41) is 13.4. The Morgan fingerprint density at radius 3 is 2.62 bits per heavy atom. The van der Waals surface area contributed by atoms with E-state index in [1.165, 1.54) is 18.2 Å². The van der Waals surface area contributed by atoms with Crippen LogP contribution in [0.5, 0.6) is 5.75 Å². The average molecular weight is 411 g/mol. The fourth-order valence-electron chi connectivity index (χ4n) is 2.98. The number of para-hydroxylation sites is 1. The van der Waals surface area contributed by atoms with Crippen LogP contribution in [0.3, 0.4) is 0 Å². The first kappa shape index (κ1) is 20.4. The van der Waals surface area contributed by atoms with Crippen molar-refractivity contribution in [3.05, 3.63) is 85.3 Å². The molecule has 3 aromatic rings. The third-order valence-electron chi connectivity index (χ3n) is 4.43. The number of amides is 1. The molecule has 0 atom stereocenters. The normalized spacial score (nSPS) is 11.3. The summed E-state index contributed by atoms with van der Waals surface area (Å²) in [5.41, 5.74) is 0.0738. The summed E-state index contributed by atoms with van der Waals surface area (Å²) in [5.74, 6) is -1.06. The number of aromatic nitrogens is 1. The number of aromatic hydroxyl groups is 1. The maximum atomic E-state index is 12.8. The van der Waals surface area contributed by atoms with Crippen LogP contribution in [-0.4, -0.2) is 16.0 Å². The lowest BCUT2D eigenvalue weighted by Gasteiger charge is -2.12. The largest absolute Gasteiger partial charge is 0.503 e. The maximum Gasteiger partial charge on any atom is 0.291 e. The van der Waals surface area contributed by atoms with Gasteiger partial charge in [0.05, 0.1) is 11.1 Å². The summed E-state index contributed by atoms with van der Waals surface area (Å²) < 4.78 is 0. The highest BCUT2D eigenvalue weighted by molar-refractivity contribution is 6.31. The first-order valence-corrected chi connectivity index (χ1v) is 9.32. The van der Waals surface area contributed by atoms with Crippen molar-refractivity contribution in [1.82, 2.24) is 4.98 Å². The molecule has 0 unspecified atom stereocenters. The molecule has 0 aliphatic rings. The molecule has 0 aliphatic carbocycles. The fraction of sp³-hybridized carbons (Fsp3) is 0.136. The number of carbonyl (C=O) groups excluding carboxylic acids is 1. The molecule has 2 aromatic carbocycles. The quantitative estimate of drug-likeness (QED) is 0.565. The van der Waals surface area contributed by atoms with Crippen LogP contribution < -0.4 is 16.3 Å². The lowest BCUT2D eigenvalue weighted by molar-refractivity contribution is -0.111. The minimum Gasteiger partial charge on any atom is -0.503 e. The van der Waals surface area contributed by atoms with Crippen molar-refractivity contribution in [2.75, 3.05) is 5.32 Å². The minimum atomic E-state index is -0.857. The number of hydrogen-bond acceptors (Lipinski definition) is 4. The van der Waals surface area contributed by atoms with Crippen LogP contribution in [0.2, 0.25) is 5.02 Å². The fourth-order valence-corrected chi connectivity index (χ4v) is 3.15. The second-order valence-electron chi connectivity index (χ2n) is 6.80. The molecule has 0 radical (unpaired) electrons. The number of halogens is 1. The SMILES string of the molecule is CC(C)c1ccccc1NC(=O)/C=C/c1c(O)c(=O)[nH]c2cc(Cl)ccc2c1=O. The lowest BCUT2D eigenvalue weighted by Crippen LogP contribution is -2.11. The molecule has 6 nitrogen and oxygen atoms in total. The number of benzene rings is 2. The molecule has 29 heavy (non-hydrogen) atoms. The van der Waals surface area contributed by atoms with Crippen molar-refractivity contribution in [3.8, 4) is 5.75 Å². The monoisotopic (exact) mass is 410 g/mol. The Kier molecular flexibility index (Phi) is 5.84. The highest BCUT2D eigenvalue weighted by Crippen LogP contribution is 2.23. The number of hydrogen-bond donors (Lipinski definition) is 3. The number of aromatic amines is 1. The highest BCUT2D eigenvalue weighted by atomic mass is 35.5. The van der Waals surface area contributed by atoms with Crippen LogP contribution in [0, 0.1) is 0 Å². The molecule has 0 bridgehead atoms. The van der Waals surface area contributed by atoms with Crippen LogP contribution in [0.25, 0.3) is 17.0 Å². The van der Waals surface area contributed by atoms with Crippen LogP contribution >= 0.6 is 11.6 Å². The van der Waals surface area contributed by atoms with Crippen LogP contribution in [0.1, 0.15) is 30.9 Å². The van der Waals surface area contributed by atoms with Gasteiger partial charge in [-0.3, -0.25) is 14.4 Å². The van der Waals surface area contributed by atoms with E-state index in [1.54, 1.807) is 12.1 Å². The summed E-state index contributed by atoms with van der Waals surface area (Å²) in [6.07, 6.45) is 2.24. The van der Waals surface area contributed by atoms with Gasteiger partial charge in [0.15, 0.2) is 11.2 Å². The van der Waals surface area contributed by atoms with E-state index in [2.05, 4.69) is 10.3 Å². The maximum absolute atomic E-state index is 12.8. The van der Waals surface area contributed by atoms with Gasteiger partial charge in [-0.2, -0.15) is 0 Å². The molecule has 1 amide bonds. The molecular formula is C22H19ClN2O4. The summed E-state index contributed by atoms with van der Waals surface area (Å²) in [7, 11) is 0. The highest BCUT2D eigenvalue weighted by Gasteiger charge is 2.12. The summed E-state index contributed by atoms with van der Waals surface area (Å²) in [4.78, 5) is 39.7. The Labute approximate surface area is 171 Å². The Hall–Kier alpha value is -3.38. The number of anilines is 1. The van der Waals surface area contributed by atoms with Gasteiger partial charge in [-0.1, -0.05) is 43.6 Å². The van der Waals surface area contributed by atoms with Gasteiger partial charge in [-0.05, 0) is 41.8 Å². The number of nitrogens with one attached hydrogen (secondary N) is 2. The first-order chi connectivity index (χ1) is 13.8. The molecule has 3 rings (SSSR count). The number of fused-ring (bicyclic) bond motifs is 1. The van der Waals surface area contributed by atoms with E-state index in [4.69, 9.17) is 11.6 Å². The van der Waals surface area contributed by atoms with Crippen molar-refractivity contribution in [2.45, 2.75) is 19.8 Å². The van der Waals surface area contributed by atoms with Gasteiger partial charge >= 0.3 is 0 Å². The molecule has 0 saturated carbocycles. The van der Waals surface area contributed by atoms with Crippen LogP contribution in [-0.2, 0) is 4.79 Å². The Morgan fingerprint density at radius 1 is 1.17 bits per heavy atom.